The minimum atomic E-state index is -0.0378. The molecule has 0 saturated heterocycles. The highest BCUT2D eigenvalue weighted by molar-refractivity contribution is 5.95. The normalized spacial score (nSPS) is 10.5. The van der Waals surface area contributed by atoms with Gasteiger partial charge in [0.2, 0.25) is 0 Å². The van der Waals surface area contributed by atoms with Crippen molar-refractivity contribution in [2.45, 2.75) is 26.8 Å². The summed E-state index contributed by atoms with van der Waals surface area (Å²) in [7, 11) is 0. The van der Waals surface area contributed by atoms with Gasteiger partial charge in [-0.2, -0.15) is 10.2 Å². The second-order valence-corrected chi connectivity index (χ2v) is 5.20. The molecule has 2 rings (SSSR count). The molecule has 0 atom stereocenters. The lowest BCUT2D eigenvalue weighted by Crippen LogP contribution is -2.35. The third-order valence-corrected chi connectivity index (χ3v) is 3.46. The maximum atomic E-state index is 12.9. The van der Waals surface area contributed by atoms with Crippen molar-refractivity contribution in [3.63, 3.8) is 0 Å². The molecule has 22 heavy (non-hydrogen) atoms. The molecule has 5 heteroatoms. The van der Waals surface area contributed by atoms with Crippen molar-refractivity contribution in [3.05, 3.63) is 58.9 Å². The first-order valence-corrected chi connectivity index (χ1v) is 7.52. The van der Waals surface area contributed by atoms with Crippen LogP contribution in [0, 0.1) is 6.92 Å². The van der Waals surface area contributed by atoms with Crippen molar-refractivity contribution >= 4 is 5.91 Å². The van der Waals surface area contributed by atoms with Crippen LogP contribution in [0.5, 0.6) is 0 Å². The van der Waals surface area contributed by atoms with Gasteiger partial charge in [0.25, 0.3) is 5.91 Å². The number of rotatable bonds is 6. The molecule has 0 aliphatic rings. The summed E-state index contributed by atoms with van der Waals surface area (Å²) in [4.78, 5) is 14.6. The van der Waals surface area contributed by atoms with Gasteiger partial charge in [0.15, 0.2) is 0 Å². The molecule has 0 unspecified atom stereocenters. The van der Waals surface area contributed by atoms with Gasteiger partial charge in [-0.15, -0.1) is 0 Å². The Balaban J connectivity index is 2.28. The molecule has 2 aromatic rings. The van der Waals surface area contributed by atoms with E-state index < -0.39 is 0 Å². The average Bonchev–Trinajstić information content (AvgIpc) is 2.54. The van der Waals surface area contributed by atoms with E-state index >= 15 is 0 Å². The van der Waals surface area contributed by atoms with Crippen LogP contribution >= 0.6 is 0 Å². The number of carbonyl (C=O) groups excluding carboxylic acids is 1. The Morgan fingerprint density at radius 1 is 1.23 bits per heavy atom. The summed E-state index contributed by atoms with van der Waals surface area (Å²) in [5.41, 5.74) is 8.86. The zero-order chi connectivity index (χ0) is 15.9. The van der Waals surface area contributed by atoms with E-state index in [1.807, 2.05) is 50.2 Å². The lowest BCUT2D eigenvalue weighted by atomic mass is 10.1. The molecule has 0 saturated carbocycles. The van der Waals surface area contributed by atoms with Gasteiger partial charge in [-0.3, -0.25) is 4.79 Å². The highest BCUT2D eigenvalue weighted by atomic mass is 16.2. The van der Waals surface area contributed by atoms with Crippen LogP contribution in [-0.2, 0) is 13.0 Å². The molecule has 2 N–H and O–H groups in total. The number of aryl methyl sites for hydroxylation is 2. The van der Waals surface area contributed by atoms with Gasteiger partial charge in [-0.1, -0.05) is 37.3 Å². The van der Waals surface area contributed by atoms with E-state index in [0.717, 1.165) is 17.0 Å². The topological polar surface area (TPSA) is 72.1 Å². The Kier molecular flexibility index (Phi) is 5.61. The van der Waals surface area contributed by atoms with E-state index in [1.165, 1.54) is 0 Å². The fraction of sp³-hybridized carbons (Fsp3) is 0.353. The quantitative estimate of drug-likeness (QED) is 0.884. The van der Waals surface area contributed by atoms with Crippen molar-refractivity contribution in [3.8, 4) is 0 Å². The maximum absolute atomic E-state index is 12.9. The molecule has 1 amide bonds. The predicted octanol–water partition coefficient (Wildman–Crippen LogP) is 1.95. The Morgan fingerprint density at radius 3 is 2.59 bits per heavy atom. The van der Waals surface area contributed by atoms with Crippen molar-refractivity contribution in [1.82, 2.24) is 15.1 Å². The van der Waals surface area contributed by atoms with Crippen LogP contribution in [0.1, 0.15) is 34.2 Å². The lowest BCUT2D eigenvalue weighted by molar-refractivity contribution is 0.0746. The summed E-state index contributed by atoms with van der Waals surface area (Å²) in [6.45, 7) is 5.30. The van der Waals surface area contributed by atoms with Gasteiger partial charge >= 0.3 is 0 Å². The largest absolute Gasteiger partial charge is 0.333 e. The molecule has 1 aromatic carbocycles. The third-order valence-electron chi connectivity index (χ3n) is 3.46. The zero-order valence-electron chi connectivity index (χ0n) is 13.1. The summed E-state index contributed by atoms with van der Waals surface area (Å²) >= 11 is 0. The zero-order valence-corrected chi connectivity index (χ0v) is 13.1. The standard InChI is InChI=1S/C17H22N4O/c1-3-16-15(11-13(2)19-20-16)17(22)21(10-9-18)12-14-7-5-4-6-8-14/h4-8,11H,3,9-10,12,18H2,1-2H3. The number of carbonyl (C=O) groups is 1. The number of amides is 1. The Labute approximate surface area is 131 Å². The molecular formula is C17H22N4O. The molecular weight excluding hydrogens is 276 g/mol. The molecule has 0 bridgehead atoms. The summed E-state index contributed by atoms with van der Waals surface area (Å²) in [6.07, 6.45) is 0.677. The molecule has 116 valence electrons. The first kappa shape index (κ1) is 16.1. The molecule has 1 heterocycles. The number of nitrogens with zero attached hydrogens (tertiary/aromatic N) is 3. The fourth-order valence-electron chi connectivity index (χ4n) is 2.34. The van der Waals surface area contributed by atoms with E-state index in [-0.39, 0.29) is 5.91 Å². The van der Waals surface area contributed by atoms with Crippen LogP contribution in [0.25, 0.3) is 0 Å². The third kappa shape index (κ3) is 3.89. The SMILES string of the molecule is CCc1nnc(C)cc1C(=O)N(CCN)Cc1ccccc1. The maximum Gasteiger partial charge on any atom is 0.256 e. The van der Waals surface area contributed by atoms with E-state index in [4.69, 9.17) is 5.73 Å². The Hall–Kier alpha value is -2.27. The van der Waals surface area contributed by atoms with Crippen molar-refractivity contribution in [1.29, 1.82) is 0 Å². The van der Waals surface area contributed by atoms with Crippen LogP contribution in [0.3, 0.4) is 0 Å². The van der Waals surface area contributed by atoms with E-state index in [0.29, 0.717) is 31.6 Å². The van der Waals surface area contributed by atoms with Gasteiger partial charge in [0, 0.05) is 19.6 Å². The highest BCUT2D eigenvalue weighted by Gasteiger charge is 2.19. The second-order valence-electron chi connectivity index (χ2n) is 5.20. The lowest BCUT2D eigenvalue weighted by Gasteiger charge is -2.23. The van der Waals surface area contributed by atoms with Crippen LogP contribution < -0.4 is 5.73 Å². The number of aromatic nitrogens is 2. The van der Waals surface area contributed by atoms with Crippen LogP contribution in [0.15, 0.2) is 36.4 Å². The average molecular weight is 298 g/mol. The van der Waals surface area contributed by atoms with Crippen LogP contribution in [-0.4, -0.2) is 34.1 Å². The van der Waals surface area contributed by atoms with Crippen LogP contribution in [0.2, 0.25) is 0 Å². The Bertz CT molecular complexity index is 628. The molecule has 5 nitrogen and oxygen atoms in total. The molecule has 0 spiro atoms. The molecule has 0 aliphatic carbocycles. The minimum Gasteiger partial charge on any atom is -0.333 e. The van der Waals surface area contributed by atoms with Crippen molar-refractivity contribution < 1.29 is 4.79 Å². The Morgan fingerprint density at radius 2 is 1.95 bits per heavy atom. The number of hydrogen-bond donors (Lipinski definition) is 1. The predicted molar refractivity (Wildman–Crippen MR) is 86.4 cm³/mol. The van der Waals surface area contributed by atoms with Crippen molar-refractivity contribution in [2.75, 3.05) is 13.1 Å². The molecule has 0 fully saturated rings. The number of nitrogens with two attached hydrogens (primary N) is 1. The number of hydrogen-bond acceptors (Lipinski definition) is 4. The smallest absolute Gasteiger partial charge is 0.256 e. The molecule has 0 aliphatic heterocycles. The minimum absolute atomic E-state index is 0.0378. The second kappa shape index (κ2) is 7.66. The van der Waals surface area contributed by atoms with Gasteiger partial charge in [0.1, 0.15) is 0 Å². The summed E-state index contributed by atoms with van der Waals surface area (Å²) in [5.74, 6) is -0.0378. The summed E-state index contributed by atoms with van der Waals surface area (Å²) < 4.78 is 0. The van der Waals surface area contributed by atoms with E-state index in [9.17, 15) is 4.79 Å². The number of benzene rings is 1. The highest BCUT2D eigenvalue weighted by Crippen LogP contribution is 2.13. The van der Waals surface area contributed by atoms with Gasteiger partial charge in [-0.25, -0.2) is 0 Å². The summed E-state index contributed by atoms with van der Waals surface area (Å²) in [6, 6.07) is 11.7. The molecule has 1 aromatic heterocycles. The van der Waals surface area contributed by atoms with E-state index in [2.05, 4.69) is 10.2 Å². The fourth-order valence-corrected chi connectivity index (χ4v) is 2.34. The van der Waals surface area contributed by atoms with Gasteiger partial charge < -0.3 is 10.6 Å². The molecule has 0 radical (unpaired) electrons. The van der Waals surface area contributed by atoms with Crippen molar-refractivity contribution in [2.24, 2.45) is 5.73 Å². The van der Waals surface area contributed by atoms with Gasteiger partial charge in [-0.05, 0) is 25.0 Å². The first-order chi connectivity index (χ1) is 10.7. The first-order valence-electron chi connectivity index (χ1n) is 7.52. The summed E-state index contributed by atoms with van der Waals surface area (Å²) in [5, 5.41) is 8.18. The monoisotopic (exact) mass is 298 g/mol. The van der Waals surface area contributed by atoms with E-state index in [1.54, 1.807) is 4.90 Å². The van der Waals surface area contributed by atoms with Crippen LogP contribution in [0.4, 0.5) is 0 Å². The van der Waals surface area contributed by atoms with Gasteiger partial charge in [0.05, 0.1) is 17.0 Å².